The Morgan fingerprint density at radius 1 is 1.39 bits per heavy atom. The van der Waals surface area contributed by atoms with Gasteiger partial charge in [-0.2, -0.15) is 0 Å². The summed E-state index contributed by atoms with van der Waals surface area (Å²) in [5.41, 5.74) is 0.214. The molecule has 0 aliphatic heterocycles. The van der Waals surface area contributed by atoms with Crippen molar-refractivity contribution >= 4 is 21.9 Å². The summed E-state index contributed by atoms with van der Waals surface area (Å²) in [5, 5.41) is 8.82. The fourth-order valence-electron chi connectivity index (χ4n) is 1.54. The van der Waals surface area contributed by atoms with Crippen molar-refractivity contribution in [3.05, 3.63) is 62.2 Å². The Bertz CT molecular complexity index is 652. The van der Waals surface area contributed by atoms with Gasteiger partial charge in [-0.25, -0.2) is 9.78 Å². The molecule has 0 saturated carbocycles. The molecule has 2 N–H and O–H groups in total. The lowest BCUT2D eigenvalue weighted by Gasteiger charge is -2.02. The van der Waals surface area contributed by atoms with E-state index < -0.39 is 11.5 Å². The number of aromatic nitrogens is 2. The molecule has 5 nitrogen and oxygen atoms in total. The van der Waals surface area contributed by atoms with Crippen molar-refractivity contribution in [1.82, 2.24) is 9.97 Å². The smallest absolute Gasteiger partial charge is 0.354 e. The number of rotatable bonds is 3. The van der Waals surface area contributed by atoms with E-state index in [9.17, 15) is 9.59 Å². The second-order valence-electron chi connectivity index (χ2n) is 3.69. The van der Waals surface area contributed by atoms with Crippen molar-refractivity contribution in [2.45, 2.75) is 6.42 Å². The normalized spacial score (nSPS) is 10.3. The first kappa shape index (κ1) is 12.5. The number of carboxylic acid groups (broad SMARTS) is 1. The van der Waals surface area contributed by atoms with Crippen LogP contribution >= 0.6 is 15.9 Å². The van der Waals surface area contributed by atoms with Gasteiger partial charge < -0.3 is 10.1 Å². The van der Waals surface area contributed by atoms with Gasteiger partial charge in [-0.1, -0.05) is 28.1 Å². The quantitative estimate of drug-likeness (QED) is 0.906. The molecule has 92 valence electrons. The van der Waals surface area contributed by atoms with E-state index in [0.717, 1.165) is 16.1 Å². The number of carbonyl (C=O) groups is 1. The van der Waals surface area contributed by atoms with Crippen LogP contribution in [0, 0.1) is 0 Å². The van der Waals surface area contributed by atoms with Gasteiger partial charge >= 0.3 is 5.97 Å². The fourth-order valence-corrected chi connectivity index (χ4v) is 1.99. The number of aromatic carboxylic acids is 1. The van der Waals surface area contributed by atoms with E-state index >= 15 is 0 Å². The number of nitrogens with zero attached hydrogens (tertiary/aromatic N) is 1. The van der Waals surface area contributed by atoms with Crippen molar-refractivity contribution in [2.75, 3.05) is 0 Å². The largest absolute Gasteiger partial charge is 0.477 e. The Balaban J connectivity index is 2.34. The van der Waals surface area contributed by atoms with Crippen molar-refractivity contribution in [3.8, 4) is 0 Å². The molecule has 0 unspecified atom stereocenters. The minimum absolute atomic E-state index is 0.247. The lowest BCUT2D eigenvalue weighted by atomic mass is 10.1. The molecule has 0 spiro atoms. The molecule has 6 heteroatoms. The molecule has 0 aliphatic rings. The zero-order chi connectivity index (χ0) is 13.1. The van der Waals surface area contributed by atoms with E-state index in [1.54, 1.807) is 0 Å². The number of H-pyrrole nitrogens is 1. The highest BCUT2D eigenvalue weighted by molar-refractivity contribution is 9.10. The van der Waals surface area contributed by atoms with Crippen LogP contribution < -0.4 is 5.56 Å². The number of nitrogens with one attached hydrogen (secondary N) is 1. The SMILES string of the molecule is O=C(O)c1cc(=O)[nH]c(Cc2cccc(Br)c2)n1. The molecule has 0 fully saturated rings. The van der Waals surface area contributed by atoms with Crippen LogP contribution in [0.25, 0.3) is 0 Å². The van der Waals surface area contributed by atoms with Crippen LogP contribution in [0.1, 0.15) is 21.9 Å². The molecule has 0 saturated heterocycles. The lowest BCUT2D eigenvalue weighted by Crippen LogP contribution is -2.15. The van der Waals surface area contributed by atoms with E-state index in [0.29, 0.717) is 12.2 Å². The van der Waals surface area contributed by atoms with Crippen LogP contribution in [0.15, 0.2) is 39.6 Å². The van der Waals surface area contributed by atoms with Crippen LogP contribution in [0.5, 0.6) is 0 Å². The zero-order valence-corrected chi connectivity index (χ0v) is 10.8. The van der Waals surface area contributed by atoms with Gasteiger partial charge in [0.15, 0.2) is 5.69 Å². The molecule has 0 bridgehead atoms. The maximum Gasteiger partial charge on any atom is 0.354 e. The van der Waals surface area contributed by atoms with Crippen molar-refractivity contribution in [3.63, 3.8) is 0 Å². The van der Waals surface area contributed by atoms with Gasteiger partial charge in [0.05, 0.1) is 0 Å². The van der Waals surface area contributed by atoms with Crippen LogP contribution in [0.2, 0.25) is 0 Å². The van der Waals surface area contributed by atoms with E-state index in [2.05, 4.69) is 25.9 Å². The topological polar surface area (TPSA) is 83.0 Å². The highest BCUT2D eigenvalue weighted by atomic mass is 79.9. The predicted octanol–water partition coefficient (Wildman–Crippen LogP) is 1.82. The Kier molecular flexibility index (Phi) is 3.57. The van der Waals surface area contributed by atoms with E-state index in [1.807, 2.05) is 24.3 Å². The summed E-state index contributed by atoms with van der Waals surface area (Å²) in [4.78, 5) is 28.5. The summed E-state index contributed by atoms with van der Waals surface area (Å²) in [6.45, 7) is 0. The monoisotopic (exact) mass is 308 g/mol. The van der Waals surface area contributed by atoms with Crippen LogP contribution in [-0.4, -0.2) is 21.0 Å². The van der Waals surface area contributed by atoms with E-state index in [4.69, 9.17) is 5.11 Å². The number of benzene rings is 1. The van der Waals surface area contributed by atoms with Gasteiger partial charge in [0.2, 0.25) is 0 Å². The third-order valence-electron chi connectivity index (χ3n) is 2.27. The maximum absolute atomic E-state index is 11.3. The number of aromatic amines is 1. The Hall–Kier alpha value is -1.95. The summed E-state index contributed by atoms with van der Waals surface area (Å²) in [6, 6.07) is 8.46. The lowest BCUT2D eigenvalue weighted by molar-refractivity contribution is 0.0689. The zero-order valence-electron chi connectivity index (χ0n) is 9.18. The van der Waals surface area contributed by atoms with Crippen LogP contribution in [0.3, 0.4) is 0 Å². The molecule has 18 heavy (non-hydrogen) atoms. The Morgan fingerprint density at radius 2 is 2.17 bits per heavy atom. The third kappa shape index (κ3) is 3.04. The van der Waals surface area contributed by atoms with Crippen LogP contribution in [0.4, 0.5) is 0 Å². The van der Waals surface area contributed by atoms with Gasteiger partial charge in [-0.15, -0.1) is 0 Å². The van der Waals surface area contributed by atoms with Gasteiger partial charge in [0.1, 0.15) is 5.82 Å². The Labute approximate surface area is 111 Å². The van der Waals surface area contributed by atoms with E-state index in [1.165, 1.54) is 0 Å². The first-order valence-electron chi connectivity index (χ1n) is 5.12. The second-order valence-corrected chi connectivity index (χ2v) is 4.60. The summed E-state index contributed by atoms with van der Waals surface area (Å²) in [7, 11) is 0. The highest BCUT2D eigenvalue weighted by Gasteiger charge is 2.08. The number of hydrogen-bond donors (Lipinski definition) is 2. The molecule has 0 aliphatic carbocycles. The van der Waals surface area contributed by atoms with E-state index in [-0.39, 0.29) is 5.69 Å². The fraction of sp³-hybridized carbons (Fsp3) is 0.0833. The minimum atomic E-state index is -1.21. The molecule has 1 heterocycles. The summed E-state index contributed by atoms with van der Waals surface area (Å²) >= 11 is 3.34. The standard InChI is InChI=1S/C12H9BrN2O3/c13-8-3-1-2-7(4-8)5-10-14-9(12(17)18)6-11(16)15-10/h1-4,6H,5H2,(H,17,18)(H,14,15,16). The summed E-state index contributed by atoms with van der Waals surface area (Å²) in [6.07, 6.45) is 0.371. The molecule has 1 aromatic heterocycles. The number of hydrogen-bond acceptors (Lipinski definition) is 3. The molecule has 0 amide bonds. The molecule has 2 aromatic rings. The molecular weight excluding hydrogens is 300 g/mol. The minimum Gasteiger partial charge on any atom is -0.477 e. The highest BCUT2D eigenvalue weighted by Crippen LogP contribution is 2.13. The van der Waals surface area contributed by atoms with Crippen LogP contribution in [-0.2, 0) is 6.42 Å². The van der Waals surface area contributed by atoms with Crippen molar-refractivity contribution < 1.29 is 9.90 Å². The summed E-state index contributed by atoms with van der Waals surface area (Å²) < 4.78 is 0.914. The second kappa shape index (κ2) is 5.14. The summed E-state index contributed by atoms with van der Waals surface area (Å²) in [5.74, 6) is -0.880. The van der Waals surface area contributed by atoms with Gasteiger partial charge in [0, 0.05) is 17.0 Å². The van der Waals surface area contributed by atoms with Crippen molar-refractivity contribution in [1.29, 1.82) is 0 Å². The molecule has 0 radical (unpaired) electrons. The molecule has 2 rings (SSSR count). The third-order valence-corrected chi connectivity index (χ3v) is 2.76. The number of halogens is 1. The molecule has 0 atom stereocenters. The maximum atomic E-state index is 11.3. The first-order chi connectivity index (χ1) is 8.54. The molecule has 1 aromatic carbocycles. The Morgan fingerprint density at radius 3 is 2.83 bits per heavy atom. The van der Waals surface area contributed by atoms with Gasteiger partial charge in [0.25, 0.3) is 5.56 Å². The first-order valence-corrected chi connectivity index (χ1v) is 5.92. The number of carboxylic acids is 1. The average Bonchev–Trinajstić information content (AvgIpc) is 2.28. The van der Waals surface area contributed by atoms with Gasteiger partial charge in [-0.05, 0) is 17.7 Å². The van der Waals surface area contributed by atoms with Gasteiger partial charge in [-0.3, -0.25) is 4.79 Å². The van der Waals surface area contributed by atoms with Crippen molar-refractivity contribution in [2.24, 2.45) is 0 Å². The predicted molar refractivity (Wildman–Crippen MR) is 68.8 cm³/mol. The average molecular weight is 309 g/mol. The molecular formula is C12H9BrN2O3.